The molecule has 32 heavy (non-hydrogen) atoms. The Balaban J connectivity index is 1.56. The summed E-state index contributed by atoms with van der Waals surface area (Å²) in [5, 5.41) is 7.20. The molecule has 1 saturated heterocycles. The number of anilines is 1. The summed E-state index contributed by atoms with van der Waals surface area (Å²) in [7, 11) is 0. The zero-order valence-electron chi connectivity index (χ0n) is 18.2. The van der Waals surface area contributed by atoms with E-state index in [1.165, 1.54) is 0 Å². The van der Waals surface area contributed by atoms with Crippen molar-refractivity contribution in [3.05, 3.63) is 59.0 Å². The number of likely N-dealkylation sites (tertiary alicyclic amines) is 1. The third kappa shape index (κ3) is 4.76. The first-order valence-electron chi connectivity index (χ1n) is 10.6. The number of hydrogen-bond donors (Lipinski definition) is 1. The number of carbonyl (C=O) groups excluding carboxylic acids is 1. The Kier molecular flexibility index (Phi) is 6.16. The maximum absolute atomic E-state index is 13.5. The van der Waals surface area contributed by atoms with Crippen LogP contribution in [-0.4, -0.2) is 45.1 Å². The lowest BCUT2D eigenvalue weighted by atomic mass is 9.90. The molecular weight excluding hydrogens is 416 g/mol. The second-order valence-corrected chi connectivity index (χ2v) is 8.35. The van der Waals surface area contributed by atoms with Gasteiger partial charge in [-0.05, 0) is 45.7 Å². The van der Waals surface area contributed by atoms with Crippen LogP contribution in [-0.2, 0) is 0 Å². The zero-order valence-corrected chi connectivity index (χ0v) is 18.2. The molecule has 1 fully saturated rings. The minimum absolute atomic E-state index is 0.0178. The molecule has 0 bridgehead atoms. The number of aryl methyl sites for hydroxylation is 1. The molecule has 0 aliphatic carbocycles. The Bertz CT molecular complexity index is 1100. The van der Waals surface area contributed by atoms with Crippen LogP contribution < -0.4 is 5.32 Å². The number of rotatable bonds is 5. The maximum atomic E-state index is 13.5. The molecule has 3 heterocycles. The van der Waals surface area contributed by atoms with Crippen molar-refractivity contribution >= 4 is 11.9 Å². The van der Waals surface area contributed by atoms with Gasteiger partial charge in [0.2, 0.25) is 5.95 Å². The number of hydrogen-bond acceptors (Lipinski definition) is 6. The van der Waals surface area contributed by atoms with Crippen LogP contribution in [0.1, 0.15) is 54.4 Å². The Morgan fingerprint density at radius 1 is 1.16 bits per heavy atom. The first-order chi connectivity index (χ1) is 15.3. The topological polar surface area (TPSA) is 84.2 Å². The molecule has 4 rings (SSSR count). The first-order valence-corrected chi connectivity index (χ1v) is 10.6. The monoisotopic (exact) mass is 441 g/mol. The van der Waals surface area contributed by atoms with Gasteiger partial charge in [-0.2, -0.15) is 0 Å². The van der Waals surface area contributed by atoms with E-state index < -0.39 is 11.6 Å². The van der Waals surface area contributed by atoms with Crippen molar-refractivity contribution in [2.75, 3.05) is 18.4 Å². The first kappa shape index (κ1) is 21.9. The van der Waals surface area contributed by atoms with Gasteiger partial charge in [-0.1, -0.05) is 5.16 Å². The number of amides is 1. The maximum Gasteiger partial charge on any atom is 0.254 e. The third-order valence-corrected chi connectivity index (χ3v) is 5.41. The van der Waals surface area contributed by atoms with Gasteiger partial charge in [0.05, 0.1) is 17.0 Å². The van der Waals surface area contributed by atoms with Gasteiger partial charge in [0.25, 0.3) is 5.91 Å². The number of halogens is 2. The Morgan fingerprint density at radius 2 is 1.84 bits per heavy atom. The molecule has 1 aliphatic rings. The van der Waals surface area contributed by atoms with E-state index >= 15 is 0 Å². The quantitative estimate of drug-likeness (QED) is 0.625. The summed E-state index contributed by atoms with van der Waals surface area (Å²) >= 11 is 0. The number of piperidine rings is 1. The number of nitrogens with one attached hydrogen (secondary N) is 1. The highest BCUT2D eigenvalue weighted by molar-refractivity contribution is 5.94. The van der Waals surface area contributed by atoms with Crippen LogP contribution in [0.2, 0.25) is 0 Å². The Hall–Kier alpha value is -3.36. The Labute approximate surface area is 184 Å². The highest BCUT2D eigenvalue weighted by atomic mass is 19.1. The highest BCUT2D eigenvalue weighted by Crippen LogP contribution is 2.35. The molecule has 0 spiro atoms. The fourth-order valence-corrected chi connectivity index (χ4v) is 3.93. The summed E-state index contributed by atoms with van der Waals surface area (Å²) < 4.78 is 32.5. The molecule has 2 aromatic heterocycles. The van der Waals surface area contributed by atoms with Gasteiger partial charge < -0.3 is 14.7 Å². The average molecular weight is 441 g/mol. The van der Waals surface area contributed by atoms with E-state index in [4.69, 9.17) is 9.51 Å². The molecule has 3 aromatic rings. The van der Waals surface area contributed by atoms with Crippen molar-refractivity contribution in [2.24, 2.45) is 0 Å². The van der Waals surface area contributed by atoms with Crippen LogP contribution in [0, 0.1) is 18.6 Å². The van der Waals surface area contributed by atoms with E-state index in [0.29, 0.717) is 37.6 Å². The van der Waals surface area contributed by atoms with Gasteiger partial charge in [-0.3, -0.25) is 4.79 Å². The number of aromatic nitrogens is 3. The van der Waals surface area contributed by atoms with Crippen molar-refractivity contribution in [3.8, 4) is 11.3 Å². The standard InChI is InChI=1S/C23H25F2N5O2/c1-13(2)27-23-26-12-19(20-8-14(3)29-32-20)21(28-23)15-4-6-30(7-5-15)22(31)16-9-17(24)11-18(25)10-16/h8-13,15H,4-7H2,1-3H3,(H,26,27,28). The van der Waals surface area contributed by atoms with Crippen LogP contribution in [0.25, 0.3) is 11.3 Å². The molecule has 9 heteroatoms. The molecule has 1 aliphatic heterocycles. The van der Waals surface area contributed by atoms with Crippen molar-refractivity contribution in [2.45, 2.75) is 45.6 Å². The SMILES string of the molecule is Cc1cc(-c2cnc(NC(C)C)nc2C2CCN(C(=O)c3cc(F)cc(F)c3)CC2)on1. The van der Waals surface area contributed by atoms with E-state index in [2.05, 4.69) is 15.5 Å². The van der Waals surface area contributed by atoms with Gasteiger partial charge in [-0.15, -0.1) is 0 Å². The van der Waals surface area contributed by atoms with E-state index in [-0.39, 0.29) is 23.4 Å². The van der Waals surface area contributed by atoms with Gasteiger partial charge in [0.15, 0.2) is 5.76 Å². The molecule has 7 nitrogen and oxygen atoms in total. The molecule has 168 valence electrons. The smallest absolute Gasteiger partial charge is 0.254 e. The van der Waals surface area contributed by atoms with E-state index in [9.17, 15) is 13.6 Å². The average Bonchev–Trinajstić information content (AvgIpc) is 3.18. The minimum Gasteiger partial charge on any atom is -0.356 e. The fourth-order valence-electron chi connectivity index (χ4n) is 3.93. The predicted molar refractivity (Wildman–Crippen MR) is 115 cm³/mol. The number of benzene rings is 1. The summed E-state index contributed by atoms with van der Waals surface area (Å²) in [6.07, 6.45) is 3.05. The molecule has 1 aromatic carbocycles. The normalized spacial score (nSPS) is 14.8. The van der Waals surface area contributed by atoms with Crippen LogP contribution in [0.4, 0.5) is 14.7 Å². The second-order valence-electron chi connectivity index (χ2n) is 8.35. The predicted octanol–water partition coefficient (Wildman–Crippen LogP) is 4.56. The molecule has 0 saturated carbocycles. The summed E-state index contributed by atoms with van der Waals surface area (Å²) in [5.41, 5.74) is 2.39. The van der Waals surface area contributed by atoms with Gasteiger partial charge >= 0.3 is 0 Å². The molecule has 0 atom stereocenters. The van der Waals surface area contributed by atoms with E-state index in [0.717, 1.165) is 35.2 Å². The summed E-state index contributed by atoms with van der Waals surface area (Å²) in [6, 6.07) is 4.90. The van der Waals surface area contributed by atoms with E-state index in [1.807, 2.05) is 26.8 Å². The number of carbonyl (C=O) groups is 1. The van der Waals surface area contributed by atoms with Crippen molar-refractivity contribution in [1.82, 2.24) is 20.0 Å². The van der Waals surface area contributed by atoms with Gasteiger partial charge in [-0.25, -0.2) is 18.7 Å². The second kappa shape index (κ2) is 9.02. The summed E-state index contributed by atoms with van der Waals surface area (Å²) in [6.45, 7) is 6.77. The number of nitrogens with zero attached hydrogens (tertiary/aromatic N) is 4. The third-order valence-electron chi connectivity index (χ3n) is 5.41. The molecule has 1 amide bonds. The fraction of sp³-hybridized carbons (Fsp3) is 0.391. The van der Waals surface area contributed by atoms with Gasteiger partial charge in [0, 0.05) is 48.9 Å². The Morgan fingerprint density at radius 3 is 2.44 bits per heavy atom. The lowest BCUT2D eigenvalue weighted by Gasteiger charge is -2.32. The largest absolute Gasteiger partial charge is 0.356 e. The lowest BCUT2D eigenvalue weighted by Crippen LogP contribution is -2.38. The highest BCUT2D eigenvalue weighted by Gasteiger charge is 2.29. The zero-order chi connectivity index (χ0) is 22.8. The van der Waals surface area contributed by atoms with Crippen LogP contribution >= 0.6 is 0 Å². The minimum atomic E-state index is -0.763. The van der Waals surface area contributed by atoms with Crippen molar-refractivity contribution in [1.29, 1.82) is 0 Å². The van der Waals surface area contributed by atoms with E-state index in [1.54, 1.807) is 11.1 Å². The van der Waals surface area contributed by atoms with Crippen LogP contribution in [0.5, 0.6) is 0 Å². The van der Waals surface area contributed by atoms with Gasteiger partial charge in [0.1, 0.15) is 11.6 Å². The van der Waals surface area contributed by atoms with Crippen LogP contribution in [0.15, 0.2) is 35.0 Å². The lowest BCUT2D eigenvalue weighted by molar-refractivity contribution is 0.0711. The van der Waals surface area contributed by atoms with Crippen molar-refractivity contribution < 1.29 is 18.1 Å². The molecule has 0 unspecified atom stereocenters. The summed E-state index contributed by atoms with van der Waals surface area (Å²) in [4.78, 5) is 23.5. The molecular formula is C23H25F2N5O2. The molecule has 1 N–H and O–H groups in total. The van der Waals surface area contributed by atoms with Crippen LogP contribution in [0.3, 0.4) is 0 Å². The molecule has 0 radical (unpaired) electrons. The van der Waals surface area contributed by atoms with Crippen molar-refractivity contribution in [3.63, 3.8) is 0 Å². The summed E-state index contributed by atoms with van der Waals surface area (Å²) in [5.74, 6) is -0.703.